The number of hydrogen-bond acceptors (Lipinski definition) is 4. The third-order valence-electron chi connectivity index (χ3n) is 4.88. The number of ether oxygens (including phenoxy) is 1. The summed E-state index contributed by atoms with van der Waals surface area (Å²) in [5.41, 5.74) is 1.44. The van der Waals surface area contributed by atoms with Crippen molar-refractivity contribution in [1.29, 1.82) is 0 Å². The molecule has 2 aromatic carbocycles. The van der Waals surface area contributed by atoms with E-state index in [0.717, 1.165) is 24.0 Å². The van der Waals surface area contributed by atoms with E-state index >= 15 is 0 Å². The summed E-state index contributed by atoms with van der Waals surface area (Å²) in [6.45, 7) is 6.00. The molecule has 0 spiro atoms. The number of sulfonamides is 1. The van der Waals surface area contributed by atoms with Gasteiger partial charge in [-0.05, 0) is 48.6 Å². The third kappa shape index (κ3) is 6.23. The van der Waals surface area contributed by atoms with Crippen LogP contribution in [0.1, 0.15) is 45.2 Å². The summed E-state index contributed by atoms with van der Waals surface area (Å²) < 4.78 is 31.6. The lowest BCUT2D eigenvalue weighted by Gasteiger charge is -2.32. The highest BCUT2D eigenvalue weighted by atomic mass is 32.2. The highest BCUT2D eigenvalue weighted by molar-refractivity contribution is 7.92. The zero-order chi connectivity index (χ0) is 22.3. The van der Waals surface area contributed by atoms with E-state index in [4.69, 9.17) is 4.74 Å². The summed E-state index contributed by atoms with van der Waals surface area (Å²) in [5, 5.41) is 3.09. The number of hydrogen-bond donors (Lipinski definition) is 1. The molecule has 0 saturated heterocycles. The molecule has 6 nitrogen and oxygen atoms in total. The molecule has 0 radical (unpaired) electrons. The van der Waals surface area contributed by atoms with E-state index in [-0.39, 0.29) is 11.9 Å². The van der Waals surface area contributed by atoms with Crippen molar-refractivity contribution in [1.82, 2.24) is 5.32 Å². The highest BCUT2D eigenvalue weighted by Crippen LogP contribution is 2.26. The number of nitrogens with zero attached hydrogens (tertiary/aromatic N) is 1. The van der Waals surface area contributed by atoms with Crippen molar-refractivity contribution in [2.45, 2.75) is 45.7 Å². The summed E-state index contributed by atoms with van der Waals surface area (Å²) in [4.78, 5) is 13.3. The second-order valence-corrected chi connectivity index (χ2v) is 9.64. The Morgan fingerprint density at radius 2 is 1.67 bits per heavy atom. The van der Waals surface area contributed by atoms with Gasteiger partial charge in [0, 0.05) is 0 Å². The van der Waals surface area contributed by atoms with Gasteiger partial charge in [-0.2, -0.15) is 0 Å². The van der Waals surface area contributed by atoms with Crippen LogP contribution in [-0.4, -0.2) is 33.7 Å². The summed E-state index contributed by atoms with van der Waals surface area (Å²) in [7, 11) is -2.04. The Labute approximate surface area is 180 Å². The van der Waals surface area contributed by atoms with E-state index in [0.29, 0.717) is 18.0 Å². The minimum absolute atomic E-state index is 0.227. The van der Waals surface area contributed by atoms with Gasteiger partial charge >= 0.3 is 0 Å². The number of para-hydroxylation sites is 1. The van der Waals surface area contributed by atoms with Crippen molar-refractivity contribution in [2.24, 2.45) is 5.92 Å². The lowest BCUT2D eigenvalue weighted by atomic mass is 9.96. The molecule has 0 aliphatic carbocycles. The fourth-order valence-corrected chi connectivity index (χ4v) is 4.70. The molecule has 164 valence electrons. The monoisotopic (exact) mass is 432 g/mol. The molecule has 0 saturated carbocycles. The number of methoxy groups -OCH3 is 1. The van der Waals surface area contributed by atoms with Gasteiger partial charge in [-0.1, -0.05) is 51.1 Å². The number of rotatable bonds is 10. The predicted octanol–water partition coefficient (Wildman–Crippen LogP) is 4.14. The van der Waals surface area contributed by atoms with Crippen molar-refractivity contribution >= 4 is 21.6 Å². The molecule has 0 aromatic heterocycles. The van der Waals surface area contributed by atoms with Gasteiger partial charge in [-0.15, -0.1) is 0 Å². The molecule has 0 aliphatic rings. The standard InChI is InChI=1S/C23H32N2O4S/c1-6-22(25(30(5,27)28)19-10-8-7-9-11-19)23(26)24-21(16-17(2)3)18-12-14-20(29-4)15-13-18/h7-15,17,21-22H,6,16H2,1-5H3,(H,24,26)/t21-,22+/m1/s1. The van der Waals surface area contributed by atoms with E-state index in [2.05, 4.69) is 19.2 Å². The molecular formula is C23H32N2O4S. The maximum absolute atomic E-state index is 13.3. The summed E-state index contributed by atoms with van der Waals surface area (Å²) in [5.74, 6) is 0.776. The summed E-state index contributed by atoms with van der Waals surface area (Å²) >= 11 is 0. The zero-order valence-electron chi connectivity index (χ0n) is 18.3. The molecule has 1 N–H and O–H groups in total. The number of anilines is 1. The Balaban J connectivity index is 2.34. The van der Waals surface area contributed by atoms with Crippen molar-refractivity contribution in [3.05, 3.63) is 60.2 Å². The topological polar surface area (TPSA) is 75.7 Å². The first-order chi connectivity index (χ1) is 14.2. The molecule has 0 heterocycles. The van der Waals surface area contributed by atoms with E-state index < -0.39 is 16.1 Å². The van der Waals surface area contributed by atoms with Crippen LogP contribution in [0.3, 0.4) is 0 Å². The van der Waals surface area contributed by atoms with Crippen LogP contribution in [0.2, 0.25) is 0 Å². The Morgan fingerprint density at radius 3 is 2.13 bits per heavy atom. The van der Waals surface area contributed by atoms with Crippen molar-refractivity contribution in [3.8, 4) is 5.75 Å². The van der Waals surface area contributed by atoms with Crippen molar-refractivity contribution < 1.29 is 17.9 Å². The molecule has 0 fully saturated rings. The van der Waals surface area contributed by atoms with Crippen LogP contribution >= 0.6 is 0 Å². The molecule has 0 unspecified atom stereocenters. The number of carbonyl (C=O) groups excluding carboxylic acids is 1. The average Bonchev–Trinajstić information content (AvgIpc) is 2.70. The predicted molar refractivity (Wildman–Crippen MR) is 121 cm³/mol. The molecule has 0 bridgehead atoms. The van der Waals surface area contributed by atoms with Crippen LogP contribution < -0.4 is 14.4 Å². The fraction of sp³-hybridized carbons (Fsp3) is 0.435. The second-order valence-electron chi connectivity index (χ2n) is 7.78. The van der Waals surface area contributed by atoms with Crippen LogP contribution in [-0.2, 0) is 14.8 Å². The van der Waals surface area contributed by atoms with Crippen LogP contribution in [0.15, 0.2) is 54.6 Å². The van der Waals surface area contributed by atoms with Crippen molar-refractivity contribution in [2.75, 3.05) is 17.7 Å². The number of amides is 1. The minimum atomic E-state index is -3.65. The number of nitrogens with one attached hydrogen (secondary N) is 1. The molecule has 1 amide bonds. The zero-order valence-corrected chi connectivity index (χ0v) is 19.1. The van der Waals surface area contributed by atoms with E-state index in [1.165, 1.54) is 4.31 Å². The highest BCUT2D eigenvalue weighted by Gasteiger charge is 2.32. The molecule has 7 heteroatoms. The molecule has 2 atom stereocenters. The van der Waals surface area contributed by atoms with Gasteiger partial charge in [0.1, 0.15) is 11.8 Å². The third-order valence-corrected chi connectivity index (χ3v) is 6.06. The van der Waals surface area contributed by atoms with Gasteiger partial charge in [0.25, 0.3) is 0 Å². The summed E-state index contributed by atoms with van der Waals surface area (Å²) in [6.07, 6.45) is 2.22. The van der Waals surface area contributed by atoms with E-state index in [1.54, 1.807) is 31.4 Å². The van der Waals surface area contributed by atoms with Crippen LogP contribution in [0.25, 0.3) is 0 Å². The van der Waals surface area contributed by atoms with Gasteiger partial charge in [0.05, 0.1) is 25.1 Å². The van der Waals surface area contributed by atoms with Gasteiger partial charge in [0.15, 0.2) is 0 Å². The largest absolute Gasteiger partial charge is 0.497 e. The average molecular weight is 433 g/mol. The van der Waals surface area contributed by atoms with Crippen LogP contribution in [0.5, 0.6) is 5.75 Å². The first-order valence-electron chi connectivity index (χ1n) is 10.2. The lowest BCUT2D eigenvalue weighted by molar-refractivity contribution is -0.123. The van der Waals surface area contributed by atoms with Crippen LogP contribution in [0, 0.1) is 5.92 Å². The smallest absolute Gasteiger partial charge is 0.244 e. The first-order valence-corrected chi connectivity index (χ1v) is 12.0. The number of carbonyl (C=O) groups is 1. The molecular weight excluding hydrogens is 400 g/mol. The Morgan fingerprint density at radius 1 is 1.07 bits per heavy atom. The Hall–Kier alpha value is -2.54. The summed E-state index contributed by atoms with van der Waals surface area (Å²) in [6, 6.07) is 15.2. The van der Waals surface area contributed by atoms with Gasteiger partial charge in [0.2, 0.25) is 15.9 Å². The van der Waals surface area contributed by atoms with Gasteiger partial charge in [-0.25, -0.2) is 8.42 Å². The quantitative estimate of drug-likeness (QED) is 0.612. The maximum Gasteiger partial charge on any atom is 0.244 e. The second kappa shape index (κ2) is 10.5. The van der Waals surface area contributed by atoms with Crippen LogP contribution in [0.4, 0.5) is 5.69 Å². The Kier molecular flexibility index (Phi) is 8.29. The van der Waals surface area contributed by atoms with E-state index in [1.807, 2.05) is 37.3 Å². The molecule has 30 heavy (non-hydrogen) atoms. The lowest BCUT2D eigenvalue weighted by Crippen LogP contribution is -2.50. The van der Waals surface area contributed by atoms with Gasteiger partial charge < -0.3 is 10.1 Å². The van der Waals surface area contributed by atoms with E-state index in [9.17, 15) is 13.2 Å². The molecule has 0 aliphatic heterocycles. The maximum atomic E-state index is 13.3. The fourth-order valence-electron chi connectivity index (χ4n) is 3.49. The normalized spacial score (nSPS) is 13.5. The molecule has 2 aromatic rings. The molecule has 2 rings (SSSR count). The number of benzene rings is 2. The minimum Gasteiger partial charge on any atom is -0.497 e. The first kappa shape index (κ1) is 23.7. The SMILES string of the molecule is CC[C@@H](C(=O)N[C@H](CC(C)C)c1ccc(OC)cc1)N(c1ccccc1)S(C)(=O)=O. The van der Waals surface area contributed by atoms with Crippen molar-refractivity contribution in [3.63, 3.8) is 0 Å². The Bertz CT molecular complexity index is 912. The van der Waals surface area contributed by atoms with Gasteiger partial charge in [-0.3, -0.25) is 9.10 Å².